The first-order valence-electron chi connectivity index (χ1n) is 3.89. The van der Waals surface area contributed by atoms with Crippen LogP contribution in [0.5, 0.6) is 0 Å². The number of hydrogen-bond acceptors (Lipinski definition) is 4. The summed E-state index contributed by atoms with van der Waals surface area (Å²) in [4.78, 5) is 4.17. The summed E-state index contributed by atoms with van der Waals surface area (Å²) in [6.45, 7) is 0.172. The third kappa shape index (κ3) is 3.25. The molecule has 0 bridgehead atoms. The fourth-order valence-electron chi connectivity index (χ4n) is 0.812. The van der Waals surface area contributed by atoms with Gasteiger partial charge in [0.1, 0.15) is 0 Å². The molecule has 0 saturated carbocycles. The molecule has 0 aliphatic heterocycles. The van der Waals surface area contributed by atoms with Crippen LogP contribution in [0.4, 0.5) is 0 Å². The van der Waals surface area contributed by atoms with Gasteiger partial charge in [0.25, 0.3) is 0 Å². The zero-order chi connectivity index (χ0) is 9.68. The molecule has 0 spiro atoms. The highest BCUT2D eigenvalue weighted by Gasteiger charge is 2.07. The van der Waals surface area contributed by atoms with Gasteiger partial charge in [0.15, 0.2) is 5.16 Å². The molecule has 0 aliphatic rings. The van der Waals surface area contributed by atoms with Gasteiger partial charge in [0.2, 0.25) is 0 Å². The van der Waals surface area contributed by atoms with Crippen molar-refractivity contribution in [2.45, 2.75) is 10.4 Å². The fourth-order valence-corrected chi connectivity index (χ4v) is 2.35. The van der Waals surface area contributed by atoms with Crippen LogP contribution in [0.2, 0.25) is 0 Å². The lowest BCUT2D eigenvalue weighted by Crippen LogP contribution is -2.10. The minimum absolute atomic E-state index is 0.172. The van der Waals surface area contributed by atoms with Crippen molar-refractivity contribution in [2.75, 3.05) is 12.4 Å². The summed E-state index contributed by atoms with van der Waals surface area (Å²) in [6, 6.07) is 0. The van der Waals surface area contributed by atoms with E-state index in [4.69, 9.17) is 5.11 Å². The number of imidazole rings is 1. The van der Waals surface area contributed by atoms with E-state index in [1.54, 1.807) is 18.0 Å². The van der Waals surface area contributed by atoms with Crippen molar-refractivity contribution in [3.05, 3.63) is 18.6 Å². The normalized spacial score (nSPS) is 13.2. The number of aliphatic hydroxyl groups is 1. The number of aromatic nitrogens is 2. The van der Waals surface area contributed by atoms with Crippen molar-refractivity contribution in [1.29, 1.82) is 0 Å². The zero-order valence-electron chi connectivity index (χ0n) is 7.51. The Morgan fingerprint density at radius 2 is 2.54 bits per heavy atom. The van der Waals surface area contributed by atoms with E-state index in [9.17, 15) is 0 Å². The molecule has 5 heteroatoms. The number of nitrogens with zero attached hydrogens (tertiary/aromatic N) is 2. The van der Waals surface area contributed by atoms with E-state index in [-0.39, 0.29) is 11.9 Å². The summed E-state index contributed by atoms with van der Waals surface area (Å²) in [7, 11) is 1.96. The molecule has 1 aromatic rings. The van der Waals surface area contributed by atoms with Crippen LogP contribution in [0.3, 0.4) is 0 Å². The topological polar surface area (TPSA) is 38.1 Å². The monoisotopic (exact) mass is 217 g/mol. The number of aryl methyl sites for hydroxylation is 1. The summed E-state index contributed by atoms with van der Waals surface area (Å²) >= 11 is 3.08. The third-order valence-corrected chi connectivity index (χ3v) is 3.83. The molecule has 1 radical (unpaired) electrons. The average Bonchev–Trinajstić information content (AvgIpc) is 2.54. The maximum Gasteiger partial charge on any atom is 0.167 e. The minimum atomic E-state index is 0.172. The second-order valence-corrected chi connectivity index (χ2v) is 4.59. The molecule has 0 saturated heterocycles. The van der Waals surface area contributed by atoms with Crippen LogP contribution in [-0.4, -0.2) is 32.3 Å². The first-order chi connectivity index (χ1) is 6.27. The molecule has 1 heterocycles. The molecule has 0 aliphatic carbocycles. The molecule has 3 nitrogen and oxygen atoms in total. The van der Waals surface area contributed by atoms with Crippen molar-refractivity contribution in [3.63, 3.8) is 0 Å². The molecule has 1 N–H and O–H groups in total. The first-order valence-corrected chi connectivity index (χ1v) is 5.93. The van der Waals surface area contributed by atoms with Gasteiger partial charge >= 0.3 is 0 Å². The van der Waals surface area contributed by atoms with Gasteiger partial charge in [-0.3, -0.25) is 0 Å². The Kier molecular flexibility index (Phi) is 4.69. The maximum atomic E-state index is 8.92. The second-order valence-electron chi connectivity index (χ2n) is 2.60. The van der Waals surface area contributed by atoms with E-state index in [1.165, 1.54) is 11.8 Å². The van der Waals surface area contributed by atoms with Crippen LogP contribution in [0, 0.1) is 6.26 Å². The predicted molar refractivity (Wildman–Crippen MR) is 57.8 cm³/mol. The molecule has 13 heavy (non-hydrogen) atoms. The Morgan fingerprint density at radius 3 is 3.00 bits per heavy atom. The standard InChI is InChI=1S/C8H13N2OS2/c1-10-4-3-9-8(10)13-6-7(5-11)12-2/h3-4,7,11H,2,5-6H2,1H3. The van der Waals surface area contributed by atoms with E-state index >= 15 is 0 Å². The van der Waals surface area contributed by atoms with Crippen LogP contribution < -0.4 is 0 Å². The lowest BCUT2D eigenvalue weighted by atomic mass is 10.5. The van der Waals surface area contributed by atoms with Crippen LogP contribution >= 0.6 is 23.5 Å². The van der Waals surface area contributed by atoms with E-state index < -0.39 is 0 Å². The molecule has 73 valence electrons. The number of rotatable bonds is 5. The summed E-state index contributed by atoms with van der Waals surface area (Å²) in [6.07, 6.45) is 7.38. The highest BCUT2D eigenvalue weighted by molar-refractivity contribution is 8.04. The fraction of sp³-hybridized carbons (Fsp3) is 0.500. The predicted octanol–water partition coefficient (Wildman–Crippen LogP) is 1.40. The van der Waals surface area contributed by atoms with Crippen molar-refractivity contribution in [3.8, 4) is 0 Å². The zero-order valence-corrected chi connectivity index (χ0v) is 9.14. The summed E-state index contributed by atoms with van der Waals surface area (Å²) in [5, 5.41) is 10.1. The summed E-state index contributed by atoms with van der Waals surface area (Å²) in [5.41, 5.74) is 0. The van der Waals surface area contributed by atoms with Gasteiger partial charge in [-0.1, -0.05) is 11.8 Å². The Hall–Kier alpha value is -0.130. The van der Waals surface area contributed by atoms with Gasteiger partial charge in [-0.25, -0.2) is 4.98 Å². The molecule has 1 aromatic heterocycles. The van der Waals surface area contributed by atoms with Gasteiger partial charge in [-0.05, 0) is 0 Å². The maximum absolute atomic E-state index is 8.92. The van der Waals surface area contributed by atoms with Crippen LogP contribution in [0.25, 0.3) is 0 Å². The largest absolute Gasteiger partial charge is 0.395 e. The van der Waals surface area contributed by atoms with Crippen molar-refractivity contribution in [1.82, 2.24) is 9.55 Å². The minimum Gasteiger partial charge on any atom is -0.395 e. The number of aliphatic hydroxyl groups excluding tert-OH is 1. The molecule has 1 atom stereocenters. The van der Waals surface area contributed by atoms with Crippen molar-refractivity contribution in [2.24, 2.45) is 7.05 Å². The molecule has 0 aromatic carbocycles. The third-order valence-electron chi connectivity index (χ3n) is 1.61. The van der Waals surface area contributed by atoms with E-state index in [2.05, 4.69) is 11.2 Å². The lowest BCUT2D eigenvalue weighted by Gasteiger charge is -2.09. The lowest BCUT2D eigenvalue weighted by molar-refractivity contribution is 0.301. The van der Waals surface area contributed by atoms with E-state index in [0.717, 1.165) is 10.9 Å². The highest BCUT2D eigenvalue weighted by Crippen LogP contribution is 2.20. The van der Waals surface area contributed by atoms with Gasteiger partial charge in [-0.15, -0.1) is 0 Å². The van der Waals surface area contributed by atoms with Gasteiger partial charge in [0.05, 0.1) is 6.61 Å². The second kappa shape index (κ2) is 5.57. The number of hydrogen-bond donors (Lipinski definition) is 1. The van der Waals surface area contributed by atoms with Crippen LogP contribution in [0.15, 0.2) is 17.6 Å². The smallest absolute Gasteiger partial charge is 0.167 e. The molecular weight excluding hydrogens is 204 g/mol. The van der Waals surface area contributed by atoms with Crippen LogP contribution in [-0.2, 0) is 7.05 Å². The van der Waals surface area contributed by atoms with Gasteiger partial charge in [0, 0.05) is 36.7 Å². The Morgan fingerprint density at radius 1 is 1.77 bits per heavy atom. The summed E-state index contributed by atoms with van der Waals surface area (Å²) < 4.78 is 1.97. The van der Waals surface area contributed by atoms with Crippen molar-refractivity contribution < 1.29 is 5.11 Å². The Bertz CT molecular complexity index is 248. The van der Waals surface area contributed by atoms with Crippen molar-refractivity contribution >= 4 is 23.5 Å². The quantitative estimate of drug-likeness (QED) is 0.757. The first kappa shape index (κ1) is 10.9. The summed E-state index contributed by atoms with van der Waals surface area (Å²) in [5.74, 6) is 0.843. The Labute approximate surface area is 86.9 Å². The Balaban J connectivity index is 2.38. The molecular formula is C8H13N2OS2. The molecule has 0 amide bonds. The van der Waals surface area contributed by atoms with Crippen LogP contribution in [0.1, 0.15) is 0 Å². The van der Waals surface area contributed by atoms with Gasteiger partial charge in [-0.2, -0.15) is 11.8 Å². The average molecular weight is 217 g/mol. The molecule has 1 unspecified atom stereocenters. The highest BCUT2D eigenvalue weighted by atomic mass is 32.2. The van der Waals surface area contributed by atoms with E-state index in [0.29, 0.717) is 0 Å². The van der Waals surface area contributed by atoms with E-state index in [1.807, 2.05) is 17.8 Å². The number of thioether (sulfide) groups is 2. The molecule has 1 rings (SSSR count). The van der Waals surface area contributed by atoms with Gasteiger partial charge < -0.3 is 9.67 Å². The molecule has 0 fully saturated rings. The SMILES string of the molecule is [CH2]SC(CO)CSc1nccn1C.